The van der Waals surface area contributed by atoms with Crippen LogP contribution in [0.3, 0.4) is 0 Å². The molecule has 0 spiro atoms. The zero-order valence-corrected chi connectivity index (χ0v) is 10.0. The molecule has 1 N–H and O–H groups in total. The first-order chi connectivity index (χ1) is 7.88. The molecule has 1 heterocycles. The normalized spacial score (nSPS) is 11.8. The highest BCUT2D eigenvalue weighted by atomic mass is 19.2. The predicted octanol–water partition coefficient (Wildman–Crippen LogP) is 3.65. The number of benzene rings is 1. The van der Waals surface area contributed by atoms with Gasteiger partial charge in [0.15, 0.2) is 11.6 Å². The SMILES string of the molecule is CC(C)(C)c1cc(-c2ccc(F)c(F)c2)n[nH]1. The van der Waals surface area contributed by atoms with E-state index < -0.39 is 11.6 Å². The largest absolute Gasteiger partial charge is 0.281 e. The number of nitrogens with zero attached hydrogens (tertiary/aromatic N) is 1. The first-order valence-corrected chi connectivity index (χ1v) is 5.39. The van der Waals surface area contributed by atoms with Crippen LogP contribution in [-0.2, 0) is 5.41 Å². The molecule has 0 radical (unpaired) electrons. The molecule has 0 saturated carbocycles. The first kappa shape index (κ1) is 11.8. The Bertz CT molecular complexity index is 539. The van der Waals surface area contributed by atoms with E-state index in [0.717, 1.165) is 17.8 Å². The fraction of sp³-hybridized carbons (Fsp3) is 0.308. The van der Waals surface area contributed by atoms with Crippen LogP contribution in [0.15, 0.2) is 24.3 Å². The molecule has 0 aliphatic rings. The van der Waals surface area contributed by atoms with Crippen LogP contribution < -0.4 is 0 Å². The Morgan fingerprint density at radius 1 is 1.06 bits per heavy atom. The van der Waals surface area contributed by atoms with Crippen molar-refractivity contribution in [2.45, 2.75) is 26.2 Å². The van der Waals surface area contributed by atoms with Gasteiger partial charge in [-0.1, -0.05) is 20.8 Å². The molecule has 0 fully saturated rings. The second-order valence-corrected chi connectivity index (χ2v) is 5.05. The van der Waals surface area contributed by atoms with Gasteiger partial charge < -0.3 is 0 Å². The quantitative estimate of drug-likeness (QED) is 0.804. The van der Waals surface area contributed by atoms with Crippen LogP contribution in [-0.4, -0.2) is 10.2 Å². The fourth-order valence-corrected chi connectivity index (χ4v) is 1.51. The lowest BCUT2D eigenvalue weighted by Crippen LogP contribution is -2.11. The number of halogens is 2. The molecular formula is C13H14F2N2. The minimum absolute atomic E-state index is 0.0518. The van der Waals surface area contributed by atoms with Crippen molar-refractivity contribution in [3.05, 3.63) is 41.6 Å². The van der Waals surface area contributed by atoms with Gasteiger partial charge in [-0.2, -0.15) is 5.10 Å². The van der Waals surface area contributed by atoms with E-state index in [9.17, 15) is 8.78 Å². The summed E-state index contributed by atoms with van der Waals surface area (Å²) in [4.78, 5) is 0. The average Bonchev–Trinajstić information content (AvgIpc) is 2.70. The Morgan fingerprint density at radius 2 is 1.76 bits per heavy atom. The molecule has 2 aromatic rings. The third-order valence-electron chi connectivity index (χ3n) is 2.60. The van der Waals surface area contributed by atoms with E-state index in [0.29, 0.717) is 11.3 Å². The first-order valence-electron chi connectivity index (χ1n) is 5.39. The van der Waals surface area contributed by atoms with E-state index in [-0.39, 0.29) is 5.41 Å². The average molecular weight is 236 g/mol. The summed E-state index contributed by atoms with van der Waals surface area (Å²) >= 11 is 0. The summed E-state index contributed by atoms with van der Waals surface area (Å²) in [5.41, 5.74) is 2.09. The van der Waals surface area contributed by atoms with E-state index in [1.54, 1.807) is 0 Å². The Kier molecular flexibility index (Phi) is 2.73. The smallest absolute Gasteiger partial charge is 0.159 e. The predicted molar refractivity (Wildman–Crippen MR) is 62.6 cm³/mol. The number of H-pyrrole nitrogens is 1. The Morgan fingerprint density at radius 3 is 2.29 bits per heavy atom. The van der Waals surface area contributed by atoms with Crippen LogP contribution >= 0.6 is 0 Å². The summed E-state index contributed by atoms with van der Waals surface area (Å²) in [5, 5.41) is 7.02. The molecule has 0 atom stereocenters. The van der Waals surface area contributed by atoms with Crippen LogP contribution in [0.2, 0.25) is 0 Å². The zero-order chi connectivity index (χ0) is 12.6. The topological polar surface area (TPSA) is 28.7 Å². The van der Waals surface area contributed by atoms with Gasteiger partial charge in [-0.05, 0) is 24.3 Å². The molecule has 0 aliphatic carbocycles. The van der Waals surface area contributed by atoms with Gasteiger partial charge in [0.1, 0.15) is 0 Å². The Balaban J connectivity index is 2.40. The maximum atomic E-state index is 13.1. The van der Waals surface area contributed by atoms with Crippen LogP contribution in [0.4, 0.5) is 8.78 Å². The molecule has 2 rings (SSSR count). The lowest BCUT2D eigenvalue weighted by Gasteiger charge is -2.14. The fourth-order valence-electron chi connectivity index (χ4n) is 1.51. The third kappa shape index (κ3) is 2.35. The summed E-state index contributed by atoms with van der Waals surface area (Å²) < 4.78 is 25.9. The van der Waals surface area contributed by atoms with Gasteiger partial charge in [-0.25, -0.2) is 8.78 Å². The number of nitrogens with one attached hydrogen (secondary N) is 1. The molecule has 0 bridgehead atoms. The van der Waals surface area contributed by atoms with Gasteiger partial charge in [0.05, 0.1) is 5.69 Å². The molecule has 4 heteroatoms. The molecule has 0 saturated heterocycles. The monoisotopic (exact) mass is 236 g/mol. The molecule has 0 unspecified atom stereocenters. The van der Waals surface area contributed by atoms with E-state index in [1.807, 2.05) is 6.07 Å². The highest BCUT2D eigenvalue weighted by molar-refractivity contribution is 5.59. The lowest BCUT2D eigenvalue weighted by atomic mass is 9.92. The summed E-state index contributed by atoms with van der Waals surface area (Å²) in [6.45, 7) is 6.15. The second-order valence-electron chi connectivity index (χ2n) is 5.05. The van der Waals surface area contributed by atoms with E-state index >= 15 is 0 Å². The van der Waals surface area contributed by atoms with Crippen LogP contribution in [0.5, 0.6) is 0 Å². The molecule has 0 aliphatic heterocycles. The third-order valence-corrected chi connectivity index (χ3v) is 2.60. The second kappa shape index (κ2) is 3.95. The molecule has 17 heavy (non-hydrogen) atoms. The summed E-state index contributed by atoms with van der Waals surface area (Å²) in [5.74, 6) is -1.71. The lowest BCUT2D eigenvalue weighted by molar-refractivity contribution is 0.509. The van der Waals surface area contributed by atoms with Gasteiger partial charge in [0, 0.05) is 16.7 Å². The minimum Gasteiger partial charge on any atom is -0.281 e. The number of hydrogen-bond acceptors (Lipinski definition) is 1. The highest BCUT2D eigenvalue weighted by Gasteiger charge is 2.17. The van der Waals surface area contributed by atoms with Crippen molar-refractivity contribution in [1.82, 2.24) is 10.2 Å². The van der Waals surface area contributed by atoms with Crippen molar-refractivity contribution in [3.8, 4) is 11.3 Å². The number of aromatic nitrogens is 2. The standard InChI is InChI=1S/C13H14F2N2/c1-13(2,3)12-7-11(16-17-12)8-4-5-9(14)10(15)6-8/h4-7H,1-3H3,(H,16,17). The summed E-state index contributed by atoms with van der Waals surface area (Å²) in [7, 11) is 0. The van der Waals surface area contributed by atoms with Crippen molar-refractivity contribution in [1.29, 1.82) is 0 Å². The maximum Gasteiger partial charge on any atom is 0.159 e. The van der Waals surface area contributed by atoms with Crippen LogP contribution in [0.25, 0.3) is 11.3 Å². The number of rotatable bonds is 1. The molecular weight excluding hydrogens is 222 g/mol. The van der Waals surface area contributed by atoms with E-state index in [2.05, 4.69) is 31.0 Å². The van der Waals surface area contributed by atoms with Crippen LogP contribution in [0.1, 0.15) is 26.5 Å². The van der Waals surface area contributed by atoms with Gasteiger partial charge in [0.25, 0.3) is 0 Å². The van der Waals surface area contributed by atoms with Crippen LogP contribution in [0, 0.1) is 11.6 Å². The molecule has 1 aromatic heterocycles. The van der Waals surface area contributed by atoms with Crippen molar-refractivity contribution in [3.63, 3.8) is 0 Å². The molecule has 90 valence electrons. The summed E-state index contributed by atoms with van der Waals surface area (Å²) in [6.07, 6.45) is 0. The van der Waals surface area contributed by atoms with Crippen molar-refractivity contribution in [2.75, 3.05) is 0 Å². The highest BCUT2D eigenvalue weighted by Crippen LogP contribution is 2.25. The molecule has 2 nitrogen and oxygen atoms in total. The number of aromatic amines is 1. The number of hydrogen-bond donors (Lipinski definition) is 1. The van der Waals surface area contributed by atoms with Gasteiger partial charge in [-0.15, -0.1) is 0 Å². The summed E-state index contributed by atoms with van der Waals surface area (Å²) in [6, 6.07) is 5.63. The van der Waals surface area contributed by atoms with Gasteiger partial charge >= 0.3 is 0 Å². The van der Waals surface area contributed by atoms with Gasteiger partial charge in [0.2, 0.25) is 0 Å². The van der Waals surface area contributed by atoms with E-state index in [1.165, 1.54) is 6.07 Å². The maximum absolute atomic E-state index is 13.1. The Labute approximate surface area is 98.7 Å². The Hall–Kier alpha value is -1.71. The van der Waals surface area contributed by atoms with Crippen molar-refractivity contribution < 1.29 is 8.78 Å². The van der Waals surface area contributed by atoms with Crippen molar-refractivity contribution in [2.24, 2.45) is 0 Å². The van der Waals surface area contributed by atoms with E-state index in [4.69, 9.17) is 0 Å². The van der Waals surface area contributed by atoms with Crippen molar-refractivity contribution >= 4 is 0 Å². The zero-order valence-electron chi connectivity index (χ0n) is 10.0. The molecule has 1 aromatic carbocycles. The van der Waals surface area contributed by atoms with Gasteiger partial charge in [-0.3, -0.25) is 5.10 Å². The minimum atomic E-state index is -0.859. The molecule has 0 amide bonds.